The number of carbonyl (C=O) groups excluding carboxylic acids is 1. The molecule has 2 rings (SSSR count). The topological polar surface area (TPSA) is 35.5 Å². The fourth-order valence-electron chi connectivity index (χ4n) is 3.76. The molecule has 132 valence electrons. The fourth-order valence-corrected chi connectivity index (χ4v) is 3.76. The summed E-state index contributed by atoms with van der Waals surface area (Å²) in [5.74, 6) is 0.486. The maximum Gasteiger partial charge on any atom is 0.139 e. The fraction of sp³-hybridized carbons (Fsp3) is 0.850. The molecular formula is C20H34O3. The van der Waals surface area contributed by atoms with E-state index in [1.54, 1.807) is 0 Å². The average molecular weight is 322 g/mol. The predicted octanol–water partition coefficient (Wildman–Crippen LogP) is 4.83. The molecule has 0 aliphatic carbocycles. The number of carbonyl (C=O) groups is 1. The van der Waals surface area contributed by atoms with Crippen LogP contribution in [-0.2, 0) is 14.3 Å². The van der Waals surface area contributed by atoms with Crippen LogP contribution in [0.15, 0.2) is 11.6 Å². The average Bonchev–Trinajstić information content (AvgIpc) is 2.91. The minimum atomic E-state index is -0.169. The normalized spacial score (nSPS) is 34.2. The van der Waals surface area contributed by atoms with E-state index >= 15 is 0 Å². The highest BCUT2D eigenvalue weighted by molar-refractivity contribution is 5.82. The summed E-state index contributed by atoms with van der Waals surface area (Å²) in [5, 5.41) is 0. The smallest absolute Gasteiger partial charge is 0.139 e. The first kappa shape index (κ1) is 18.7. The van der Waals surface area contributed by atoms with Gasteiger partial charge >= 0.3 is 0 Å². The number of allylic oxidation sites excluding steroid dienone is 2. The summed E-state index contributed by atoms with van der Waals surface area (Å²) in [6.07, 6.45) is 9.06. The third-order valence-electron chi connectivity index (χ3n) is 5.82. The quantitative estimate of drug-likeness (QED) is 0.600. The van der Waals surface area contributed by atoms with Gasteiger partial charge in [-0.1, -0.05) is 25.5 Å². The molecular weight excluding hydrogens is 288 g/mol. The minimum absolute atomic E-state index is 0.0161. The van der Waals surface area contributed by atoms with E-state index in [2.05, 4.69) is 20.8 Å². The highest BCUT2D eigenvalue weighted by atomic mass is 16.6. The van der Waals surface area contributed by atoms with Gasteiger partial charge in [0.1, 0.15) is 5.78 Å². The van der Waals surface area contributed by atoms with Crippen LogP contribution in [0.1, 0.15) is 79.6 Å². The van der Waals surface area contributed by atoms with Crippen LogP contribution in [0.4, 0.5) is 0 Å². The van der Waals surface area contributed by atoms with E-state index < -0.39 is 0 Å². The molecule has 0 saturated carbocycles. The number of fused-ring (bicyclic) bond motifs is 2. The molecule has 1 unspecified atom stereocenters. The Morgan fingerprint density at radius 2 is 2.13 bits per heavy atom. The molecule has 0 radical (unpaired) electrons. The number of hydrogen-bond donors (Lipinski definition) is 0. The van der Waals surface area contributed by atoms with E-state index in [4.69, 9.17) is 9.47 Å². The van der Waals surface area contributed by atoms with Crippen LogP contribution >= 0.6 is 0 Å². The molecule has 3 nitrogen and oxygen atoms in total. The maximum atomic E-state index is 12.1. The van der Waals surface area contributed by atoms with Gasteiger partial charge in [-0.2, -0.15) is 0 Å². The SMILES string of the molecule is CC[C@@]12CC[C@@H](O1)[C@](C)(CCCC(C)C(=O)CC=C(C)C)OC2. The molecule has 2 heterocycles. The molecule has 2 fully saturated rings. The third kappa shape index (κ3) is 4.45. The highest BCUT2D eigenvalue weighted by Gasteiger charge is 2.52. The molecule has 23 heavy (non-hydrogen) atoms. The number of ether oxygens (including phenoxy) is 2. The van der Waals surface area contributed by atoms with Crippen LogP contribution in [0.2, 0.25) is 0 Å². The van der Waals surface area contributed by atoms with Gasteiger partial charge in [-0.25, -0.2) is 0 Å². The summed E-state index contributed by atoms with van der Waals surface area (Å²) >= 11 is 0. The van der Waals surface area contributed by atoms with E-state index in [0.29, 0.717) is 12.2 Å². The number of rotatable bonds is 8. The van der Waals surface area contributed by atoms with Gasteiger partial charge in [-0.15, -0.1) is 0 Å². The zero-order valence-corrected chi connectivity index (χ0v) is 15.6. The van der Waals surface area contributed by atoms with E-state index in [-0.39, 0.29) is 23.2 Å². The first-order valence-corrected chi connectivity index (χ1v) is 9.28. The van der Waals surface area contributed by atoms with Gasteiger partial charge in [-0.3, -0.25) is 4.79 Å². The van der Waals surface area contributed by atoms with Crippen LogP contribution in [0.25, 0.3) is 0 Å². The Kier molecular flexibility index (Phi) is 6.07. The molecule has 3 heteroatoms. The Morgan fingerprint density at radius 3 is 2.78 bits per heavy atom. The Balaban J connectivity index is 1.78. The third-order valence-corrected chi connectivity index (χ3v) is 5.82. The molecule has 0 aromatic heterocycles. The first-order chi connectivity index (χ1) is 10.8. The summed E-state index contributed by atoms with van der Waals surface area (Å²) < 4.78 is 12.6. The summed E-state index contributed by atoms with van der Waals surface area (Å²) in [5.41, 5.74) is 1.03. The molecule has 2 aliphatic heterocycles. The second-order valence-corrected chi connectivity index (χ2v) is 8.03. The zero-order chi connectivity index (χ0) is 17.1. The van der Waals surface area contributed by atoms with Crippen LogP contribution in [0.5, 0.6) is 0 Å². The van der Waals surface area contributed by atoms with E-state index in [1.165, 1.54) is 5.57 Å². The van der Waals surface area contributed by atoms with Gasteiger partial charge < -0.3 is 9.47 Å². The van der Waals surface area contributed by atoms with Crippen molar-refractivity contribution in [2.45, 2.75) is 96.9 Å². The number of ketones is 1. The van der Waals surface area contributed by atoms with Crippen molar-refractivity contribution < 1.29 is 14.3 Å². The van der Waals surface area contributed by atoms with Crippen molar-refractivity contribution in [3.63, 3.8) is 0 Å². The van der Waals surface area contributed by atoms with E-state index in [1.807, 2.05) is 19.9 Å². The Labute approximate surface area is 141 Å². The lowest BCUT2D eigenvalue weighted by molar-refractivity contribution is -0.241. The summed E-state index contributed by atoms with van der Waals surface area (Å²) in [4.78, 5) is 12.1. The van der Waals surface area contributed by atoms with Crippen molar-refractivity contribution in [2.75, 3.05) is 6.61 Å². The standard InChI is InChI=1S/C20H34O3/c1-6-20-13-11-18(23-20)19(5,22-14-20)12-7-8-16(4)17(21)10-9-15(2)3/h9,16,18H,6-8,10-14H2,1-5H3/t16?,18-,19+,20+/m1/s1. The van der Waals surface area contributed by atoms with Crippen molar-refractivity contribution >= 4 is 5.78 Å². The molecule has 0 amide bonds. The highest BCUT2D eigenvalue weighted by Crippen LogP contribution is 2.46. The largest absolute Gasteiger partial charge is 0.370 e. The van der Waals surface area contributed by atoms with Gasteiger partial charge in [0.2, 0.25) is 0 Å². The number of hydrogen-bond acceptors (Lipinski definition) is 3. The lowest BCUT2D eigenvalue weighted by Gasteiger charge is -2.44. The Hall–Kier alpha value is -0.670. The molecule has 4 atom stereocenters. The molecule has 0 aromatic rings. The predicted molar refractivity (Wildman–Crippen MR) is 93.6 cm³/mol. The van der Waals surface area contributed by atoms with Gasteiger partial charge in [0.25, 0.3) is 0 Å². The Bertz CT molecular complexity index is 452. The van der Waals surface area contributed by atoms with Gasteiger partial charge in [0, 0.05) is 12.3 Å². The van der Waals surface area contributed by atoms with Crippen molar-refractivity contribution in [3.8, 4) is 0 Å². The van der Waals surface area contributed by atoms with Crippen LogP contribution in [0, 0.1) is 5.92 Å². The van der Waals surface area contributed by atoms with Crippen molar-refractivity contribution in [1.29, 1.82) is 0 Å². The monoisotopic (exact) mass is 322 g/mol. The molecule has 0 N–H and O–H groups in total. The lowest BCUT2D eigenvalue weighted by atomic mass is 9.88. The second kappa shape index (κ2) is 7.48. The van der Waals surface area contributed by atoms with Crippen LogP contribution in [-0.4, -0.2) is 29.7 Å². The molecule has 0 aromatic carbocycles. The molecule has 2 bridgehead atoms. The van der Waals surface area contributed by atoms with Gasteiger partial charge in [-0.05, 0) is 59.3 Å². The summed E-state index contributed by atoms with van der Waals surface area (Å²) in [6, 6.07) is 0. The molecule has 2 saturated heterocycles. The van der Waals surface area contributed by atoms with Gasteiger partial charge in [0.15, 0.2) is 0 Å². The maximum absolute atomic E-state index is 12.1. The lowest BCUT2D eigenvalue weighted by Crippen LogP contribution is -2.52. The van der Waals surface area contributed by atoms with E-state index in [0.717, 1.165) is 45.1 Å². The summed E-state index contributed by atoms with van der Waals surface area (Å²) in [6.45, 7) is 11.2. The van der Waals surface area contributed by atoms with Crippen LogP contribution in [0.3, 0.4) is 0 Å². The van der Waals surface area contributed by atoms with Crippen molar-refractivity contribution in [3.05, 3.63) is 11.6 Å². The van der Waals surface area contributed by atoms with Crippen molar-refractivity contribution in [2.24, 2.45) is 5.92 Å². The second-order valence-electron chi connectivity index (χ2n) is 8.03. The molecule has 2 aliphatic rings. The van der Waals surface area contributed by atoms with Crippen LogP contribution < -0.4 is 0 Å². The first-order valence-electron chi connectivity index (χ1n) is 9.28. The van der Waals surface area contributed by atoms with Crippen molar-refractivity contribution in [1.82, 2.24) is 0 Å². The summed E-state index contributed by atoms with van der Waals surface area (Å²) in [7, 11) is 0. The minimum Gasteiger partial charge on any atom is -0.370 e. The van der Waals surface area contributed by atoms with Gasteiger partial charge in [0.05, 0.1) is 23.9 Å². The number of Topliss-reactive ketones (excluding diaryl/α,β-unsaturated/α-hetero) is 1. The molecule has 0 spiro atoms. The zero-order valence-electron chi connectivity index (χ0n) is 15.6. The Morgan fingerprint density at radius 1 is 1.39 bits per heavy atom. The van der Waals surface area contributed by atoms with E-state index in [9.17, 15) is 4.79 Å².